The number of nitrogens with two attached hydrogens (primary N) is 2. The van der Waals surface area contributed by atoms with E-state index in [0.29, 0.717) is 18.1 Å². The highest BCUT2D eigenvalue weighted by Gasteiger charge is 2.14. The van der Waals surface area contributed by atoms with Crippen molar-refractivity contribution in [3.63, 3.8) is 0 Å². The zero-order valence-corrected chi connectivity index (χ0v) is 10.6. The lowest BCUT2D eigenvalue weighted by Gasteiger charge is -2.05. The van der Waals surface area contributed by atoms with Crippen molar-refractivity contribution in [2.75, 3.05) is 5.73 Å². The molecule has 6 nitrogen and oxygen atoms in total. The second-order valence-corrected chi connectivity index (χ2v) is 4.24. The standard InChI is InChI=1S/C13H16N4O2/c1-8(14)13-17-11(7-19-13)12(18)16-6-9-4-2-3-5-10(9)15/h2-5,7-8H,6,14-15H2,1H3,(H,16,18). The monoisotopic (exact) mass is 260 g/mol. The Hall–Kier alpha value is -2.34. The molecule has 100 valence electrons. The van der Waals surface area contributed by atoms with Crippen LogP contribution in [0, 0.1) is 0 Å². The van der Waals surface area contributed by atoms with Gasteiger partial charge >= 0.3 is 0 Å². The Bertz CT molecular complexity index is 578. The highest BCUT2D eigenvalue weighted by Crippen LogP contribution is 2.11. The summed E-state index contributed by atoms with van der Waals surface area (Å²) in [5.41, 5.74) is 13.1. The number of nitrogen functional groups attached to an aromatic ring is 1. The molecule has 1 amide bonds. The van der Waals surface area contributed by atoms with Gasteiger partial charge < -0.3 is 21.2 Å². The quantitative estimate of drug-likeness (QED) is 0.716. The Kier molecular flexibility index (Phi) is 3.82. The van der Waals surface area contributed by atoms with E-state index in [9.17, 15) is 4.79 Å². The average molecular weight is 260 g/mol. The highest BCUT2D eigenvalue weighted by molar-refractivity contribution is 5.91. The maximum absolute atomic E-state index is 11.8. The van der Waals surface area contributed by atoms with Crippen LogP contribution in [-0.2, 0) is 6.54 Å². The number of oxazole rings is 1. The van der Waals surface area contributed by atoms with E-state index in [1.54, 1.807) is 13.0 Å². The van der Waals surface area contributed by atoms with Crippen molar-refractivity contribution in [3.8, 4) is 0 Å². The first-order valence-electron chi connectivity index (χ1n) is 5.90. The van der Waals surface area contributed by atoms with Gasteiger partial charge in [0.15, 0.2) is 5.69 Å². The predicted molar refractivity (Wildman–Crippen MR) is 71.1 cm³/mol. The first-order chi connectivity index (χ1) is 9.08. The zero-order valence-electron chi connectivity index (χ0n) is 10.6. The molecule has 1 aromatic heterocycles. The van der Waals surface area contributed by atoms with E-state index in [1.807, 2.05) is 18.2 Å². The van der Waals surface area contributed by atoms with Crippen LogP contribution in [0.4, 0.5) is 5.69 Å². The summed E-state index contributed by atoms with van der Waals surface area (Å²) in [7, 11) is 0. The van der Waals surface area contributed by atoms with E-state index in [-0.39, 0.29) is 17.6 Å². The van der Waals surface area contributed by atoms with Gasteiger partial charge in [-0.2, -0.15) is 0 Å². The van der Waals surface area contributed by atoms with Crippen LogP contribution in [0.1, 0.15) is 34.9 Å². The number of carbonyl (C=O) groups is 1. The second kappa shape index (κ2) is 5.53. The maximum atomic E-state index is 11.8. The number of benzene rings is 1. The first-order valence-corrected chi connectivity index (χ1v) is 5.90. The molecule has 0 radical (unpaired) electrons. The van der Waals surface area contributed by atoms with Crippen LogP contribution in [0.5, 0.6) is 0 Å². The highest BCUT2D eigenvalue weighted by atomic mass is 16.3. The first kappa shape index (κ1) is 13.1. The van der Waals surface area contributed by atoms with E-state index < -0.39 is 0 Å². The summed E-state index contributed by atoms with van der Waals surface area (Å²) in [6.45, 7) is 2.07. The molecule has 1 atom stereocenters. The molecule has 0 saturated heterocycles. The van der Waals surface area contributed by atoms with Crippen molar-refractivity contribution >= 4 is 11.6 Å². The van der Waals surface area contributed by atoms with Crippen molar-refractivity contribution < 1.29 is 9.21 Å². The molecule has 1 unspecified atom stereocenters. The van der Waals surface area contributed by atoms with Crippen LogP contribution in [0.3, 0.4) is 0 Å². The number of nitrogens with one attached hydrogen (secondary N) is 1. The fourth-order valence-electron chi connectivity index (χ4n) is 1.56. The number of hydrogen-bond donors (Lipinski definition) is 3. The van der Waals surface area contributed by atoms with Crippen molar-refractivity contribution in [1.82, 2.24) is 10.3 Å². The molecular weight excluding hydrogens is 244 g/mol. The number of carbonyl (C=O) groups excluding carboxylic acids is 1. The van der Waals surface area contributed by atoms with Gasteiger partial charge in [0.25, 0.3) is 5.91 Å². The van der Waals surface area contributed by atoms with E-state index in [1.165, 1.54) is 6.26 Å². The lowest BCUT2D eigenvalue weighted by Crippen LogP contribution is -2.23. The van der Waals surface area contributed by atoms with E-state index in [0.717, 1.165) is 5.56 Å². The summed E-state index contributed by atoms with van der Waals surface area (Å²) in [6, 6.07) is 7.00. The Labute approximate surface area is 110 Å². The van der Waals surface area contributed by atoms with Gasteiger partial charge in [-0.1, -0.05) is 18.2 Å². The minimum atomic E-state index is -0.341. The molecule has 1 aromatic carbocycles. The second-order valence-electron chi connectivity index (χ2n) is 4.24. The van der Waals surface area contributed by atoms with Crippen LogP contribution in [0.15, 0.2) is 34.9 Å². The molecule has 19 heavy (non-hydrogen) atoms. The fraction of sp³-hybridized carbons (Fsp3) is 0.231. The number of aromatic nitrogens is 1. The van der Waals surface area contributed by atoms with Gasteiger partial charge in [-0.05, 0) is 18.6 Å². The maximum Gasteiger partial charge on any atom is 0.273 e. The minimum Gasteiger partial charge on any atom is -0.446 e. The molecule has 0 saturated carbocycles. The molecule has 0 bridgehead atoms. The fourth-order valence-corrected chi connectivity index (χ4v) is 1.56. The molecule has 0 aliphatic heterocycles. The molecule has 0 aliphatic carbocycles. The zero-order chi connectivity index (χ0) is 13.8. The van der Waals surface area contributed by atoms with Crippen LogP contribution in [0.2, 0.25) is 0 Å². The van der Waals surface area contributed by atoms with Crippen molar-refractivity contribution in [3.05, 3.63) is 47.7 Å². The number of amides is 1. The van der Waals surface area contributed by atoms with Crippen LogP contribution in [0.25, 0.3) is 0 Å². The normalized spacial score (nSPS) is 12.1. The van der Waals surface area contributed by atoms with Gasteiger partial charge in [-0.15, -0.1) is 0 Å². The minimum absolute atomic E-state index is 0.210. The molecule has 0 fully saturated rings. The van der Waals surface area contributed by atoms with Crippen LogP contribution >= 0.6 is 0 Å². The lowest BCUT2D eigenvalue weighted by molar-refractivity contribution is 0.0946. The summed E-state index contributed by atoms with van der Waals surface area (Å²) in [5, 5.41) is 2.73. The predicted octanol–water partition coefficient (Wildman–Crippen LogP) is 1.21. The number of anilines is 1. The van der Waals surface area contributed by atoms with Crippen LogP contribution in [-0.4, -0.2) is 10.9 Å². The van der Waals surface area contributed by atoms with Crippen molar-refractivity contribution in [2.24, 2.45) is 5.73 Å². The molecular formula is C13H16N4O2. The molecule has 6 heteroatoms. The average Bonchev–Trinajstić information content (AvgIpc) is 2.87. The number of rotatable bonds is 4. The summed E-state index contributed by atoms with van der Waals surface area (Å²) >= 11 is 0. The third-order valence-electron chi connectivity index (χ3n) is 2.64. The molecule has 0 spiro atoms. The summed E-state index contributed by atoms with van der Waals surface area (Å²) in [5.74, 6) is 0.0169. The SMILES string of the molecule is CC(N)c1nc(C(=O)NCc2ccccc2N)co1. The Morgan fingerprint density at radius 3 is 2.84 bits per heavy atom. The third-order valence-corrected chi connectivity index (χ3v) is 2.64. The van der Waals surface area contributed by atoms with Gasteiger partial charge in [0.05, 0.1) is 6.04 Å². The Morgan fingerprint density at radius 1 is 1.47 bits per heavy atom. The third kappa shape index (κ3) is 3.11. The molecule has 1 heterocycles. The molecule has 5 N–H and O–H groups in total. The topological polar surface area (TPSA) is 107 Å². The number of nitrogens with zero attached hydrogens (tertiary/aromatic N) is 1. The molecule has 2 rings (SSSR count). The van der Waals surface area contributed by atoms with Gasteiger partial charge in [-0.3, -0.25) is 4.79 Å². The van der Waals surface area contributed by atoms with E-state index in [2.05, 4.69) is 10.3 Å². The van der Waals surface area contributed by atoms with Gasteiger partial charge in [0.2, 0.25) is 5.89 Å². The lowest BCUT2D eigenvalue weighted by atomic mass is 10.2. The number of para-hydroxylation sites is 1. The molecule has 2 aromatic rings. The summed E-state index contributed by atoms with van der Waals surface area (Å²) in [4.78, 5) is 15.9. The van der Waals surface area contributed by atoms with Gasteiger partial charge in [0, 0.05) is 12.2 Å². The summed E-state index contributed by atoms with van der Waals surface area (Å²) in [6.07, 6.45) is 1.29. The summed E-state index contributed by atoms with van der Waals surface area (Å²) < 4.78 is 5.10. The largest absolute Gasteiger partial charge is 0.446 e. The Morgan fingerprint density at radius 2 is 2.21 bits per heavy atom. The number of hydrogen-bond acceptors (Lipinski definition) is 5. The van der Waals surface area contributed by atoms with Gasteiger partial charge in [0.1, 0.15) is 6.26 Å². The molecule has 0 aliphatic rings. The van der Waals surface area contributed by atoms with Crippen molar-refractivity contribution in [2.45, 2.75) is 19.5 Å². The van der Waals surface area contributed by atoms with E-state index >= 15 is 0 Å². The van der Waals surface area contributed by atoms with Gasteiger partial charge in [-0.25, -0.2) is 4.98 Å². The Balaban J connectivity index is 1.99. The smallest absolute Gasteiger partial charge is 0.273 e. The van der Waals surface area contributed by atoms with Crippen LogP contribution < -0.4 is 16.8 Å². The van der Waals surface area contributed by atoms with Crippen molar-refractivity contribution in [1.29, 1.82) is 0 Å². The van der Waals surface area contributed by atoms with E-state index in [4.69, 9.17) is 15.9 Å².